The van der Waals surface area contributed by atoms with Gasteiger partial charge in [0.1, 0.15) is 0 Å². The Morgan fingerprint density at radius 3 is 2.73 bits per heavy atom. The maximum atomic E-state index is 9.88. The molecule has 1 N–H and O–H groups in total. The van der Waals surface area contributed by atoms with Crippen LogP contribution in [-0.2, 0) is 4.79 Å². The van der Waals surface area contributed by atoms with E-state index in [1.54, 1.807) is 0 Å². The molecule has 0 aromatic heterocycles. The minimum atomic E-state index is 0.768. The second-order valence-corrected chi connectivity index (χ2v) is 2.97. The van der Waals surface area contributed by atoms with Crippen molar-refractivity contribution < 1.29 is 4.79 Å². The molecule has 0 aromatic carbocycles. The van der Waals surface area contributed by atoms with Crippen LogP contribution in [0.25, 0.3) is 0 Å². The van der Waals surface area contributed by atoms with E-state index in [9.17, 15) is 4.79 Å². The van der Waals surface area contributed by atoms with Gasteiger partial charge in [0.05, 0.1) is 0 Å². The zero-order valence-electron chi connectivity index (χ0n) is 6.88. The van der Waals surface area contributed by atoms with Gasteiger partial charge in [-0.1, -0.05) is 0 Å². The third-order valence-corrected chi connectivity index (χ3v) is 2.08. The minimum Gasteiger partial charge on any atom is -0.359 e. The molecule has 0 aromatic rings. The molecule has 1 fully saturated rings. The van der Waals surface area contributed by atoms with E-state index in [4.69, 9.17) is 0 Å². The standard InChI is InChI=1S/C8H16N2O/c11-8-9-4-3-7-10-5-1-2-6-10/h8H,1-7H2,(H,9,11). The van der Waals surface area contributed by atoms with Gasteiger partial charge in [0.25, 0.3) is 0 Å². The van der Waals surface area contributed by atoms with Gasteiger partial charge >= 0.3 is 0 Å². The highest BCUT2D eigenvalue weighted by Crippen LogP contribution is 2.06. The van der Waals surface area contributed by atoms with Crippen molar-refractivity contribution in [1.29, 1.82) is 0 Å². The lowest BCUT2D eigenvalue weighted by atomic mass is 10.4. The summed E-state index contributed by atoms with van der Waals surface area (Å²) < 4.78 is 0. The number of rotatable bonds is 5. The molecule has 0 atom stereocenters. The van der Waals surface area contributed by atoms with Crippen molar-refractivity contribution in [1.82, 2.24) is 10.2 Å². The van der Waals surface area contributed by atoms with Crippen molar-refractivity contribution in [2.75, 3.05) is 26.2 Å². The average Bonchev–Trinajstić information content (AvgIpc) is 2.50. The summed E-state index contributed by atoms with van der Waals surface area (Å²) in [4.78, 5) is 12.3. The van der Waals surface area contributed by atoms with Gasteiger partial charge in [0.2, 0.25) is 6.41 Å². The highest BCUT2D eigenvalue weighted by atomic mass is 16.1. The normalized spacial score (nSPS) is 18.5. The summed E-state index contributed by atoms with van der Waals surface area (Å²) in [7, 11) is 0. The molecule has 1 heterocycles. The molecule has 1 rings (SSSR count). The maximum absolute atomic E-state index is 9.88. The molecule has 0 radical (unpaired) electrons. The molecule has 3 nitrogen and oxygen atoms in total. The molecule has 0 saturated carbocycles. The van der Waals surface area contributed by atoms with E-state index in [1.807, 2.05) is 0 Å². The molecule has 11 heavy (non-hydrogen) atoms. The van der Waals surface area contributed by atoms with Crippen molar-refractivity contribution in [2.45, 2.75) is 19.3 Å². The van der Waals surface area contributed by atoms with Crippen LogP contribution in [0.5, 0.6) is 0 Å². The minimum absolute atomic E-state index is 0.768. The zero-order chi connectivity index (χ0) is 7.94. The molecule has 3 heteroatoms. The maximum Gasteiger partial charge on any atom is 0.207 e. The molecule has 0 spiro atoms. The Labute approximate surface area is 67.8 Å². The topological polar surface area (TPSA) is 32.3 Å². The zero-order valence-corrected chi connectivity index (χ0v) is 6.88. The van der Waals surface area contributed by atoms with Gasteiger partial charge in [-0.3, -0.25) is 4.79 Å². The number of nitrogens with zero attached hydrogens (tertiary/aromatic N) is 1. The molecule has 0 aliphatic carbocycles. The fourth-order valence-corrected chi connectivity index (χ4v) is 1.47. The van der Waals surface area contributed by atoms with Crippen molar-refractivity contribution in [3.8, 4) is 0 Å². The molecular formula is C8H16N2O. The number of hydrogen-bond donors (Lipinski definition) is 1. The Bertz CT molecular complexity index is 111. The second-order valence-electron chi connectivity index (χ2n) is 2.97. The Hall–Kier alpha value is -0.570. The van der Waals surface area contributed by atoms with Crippen molar-refractivity contribution >= 4 is 6.41 Å². The van der Waals surface area contributed by atoms with Crippen molar-refractivity contribution in [3.05, 3.63) is 0 Å². The van der Waals surface area contributed by atoms with Gasteiger partial charge in [0, 0.05) is 6.54 Å². The van der Waals surface area contributed by atoms with Gasteiger partial charge in [-0.2, -0.15) is 0 Å². The SMILES string of the molecule is O=CNCCCN1CCCC1. The Balaban J connectivity index is 1.89. The summed E-state index contributed by atoms with van der Waals surface area (Å²) in [5.41, 5.74) is 0. The largest absolute Gasteiger partial charge is 0.359 e. The van der Waals surface area contributed by atoms with E-state index in [1.165, 1.54) is 25.9 Å². The lowest BCUT2D eigenvalue weighted by Gasteiger charge is -2.13. The summed E-state index contributed by atoms with van der Waals surface area (Å²) >= 11 is 0. The monoisotopic (exact) mass is 156 g/mol. The Morgan fingerprint density at radius 1 is 1.36 bits per heavy atom. The molecule has 0 bridgehead atoms. The lowest BCUT2D eigenvalue weighted by Crippen LogP contribution is -2.24. The highest BCUT2D eigenvalue weighted by Gasteiger charge is 2.09. The van der Waals surface area contributed by atoms with Crippen LogP contribution in [0.1, 0.15) is 19.3 Å². The summed E-state index contributed by atoms with van der Waals surface area (Å²) in [5.74, 6) is 0. The van der Waals surface area contributed by atoms with E-state index in [0.717, 1.165) is 25.9 Å². The molecule has 1 amide bonds. The molecular weight excluding hydrogens is 140 g/mol. The van der Waals surface area contributed by atoms with Crippen LogP contribution in [0, 0.1) is 0 Å². The van der Waals surface area contributed by atoms with Crippen molar-refractivity contribution in [2.24, 2.45) is 0 Å². The molecule has 0 unspecified atom stereocenters. The van der Waals surface area contributed by atoms with Gasteiger partial charge in [-0.15, -0.1) is 0 Å². The molecule has 64 valence electrons. The van der Waals surface area contributed by atoms with Crippen LogP contribution in [-0.4, -0.2) is 37.5 Å². The summed E-state index contributed by atoms with van der Waals surface area (Å²) in [5, 5.41) is 2.66. The third kappa shape index (κ3) is 3.37. The Morgan fingerprint density at radius 2 is 2.09 bits per heavy atom. The molecule has 1 saturated heterocycles. The fourth-order valence-electron chi connectivity index (χ4n) is 1.47. The van der Waals surface area contributed by atoms with Crippen molar-refractivity contribution in [3.63, 3.8) is 0 Å². The first-order valence-corrected chi connectivity index (χ1v) is 4.33. The first-order valence-electron chi connectivity index (χ1n) is 4.33. The number of likely N-dealkylation sites (tertiary alicyclic amines) is 1. The predicted molar refractivity (Wildman–Crippen MR) is 44.4 cm³/mol. The lowest BCUT2D eigenvalue weighted by molar-refractivity contribution is -0.109. The van der Waals surface area contributed by atoms with Crippen LogP contribution in [0.4, 0.5) is 0 Å². The van der Waals surface area contributed by atoms with E-state index < -0.39 is 0 Å². The second kappa shape index (κ2) is 5.13. The van der Waals surface area contributed by atoms with E-state index in [-0.39, 0.29) is 0 Å². The van der Waals surface area contributed by atoms with Gasteiger partial charge in [0.15, 0.2) is 0 Å². The van der Waals surface area contributed by atoms with E-state index in [2.05, 4.69) is 10.2 Å². The summed E-state index contributed by atoms with van der Waals surface area (Å²) in [6.07, 6.45) is 4.55. The average molecular weight is 156 g/mol. The van der Waals surface area contributed by atoms with Gasteiger partial charge < -0.3 is 10.2 Å². The number of amides is 1. The summed E-state index contributed by atoms with van der Waals surface area (Å²) in [6.45, 7) is 4.46. The quantitative estimate of drug-likeness (QED) is 0.456. The first kappa shape index (κ1) is 8.53. The Kier molecular flexibility index (Phi) is 3.98. The summed E-state index contributed by atoms with van der Waals surface area (Å²) in [6, 6.07) is 0. The van der Waals surface area contributed by atoms with Crippen LogP contribution in [0.15, 0.2) is 0 Å². The number of carbonyl (C=O) groups excluding carboxylic acids is 1. The van der Waals surface area contributed by atoms with Crippen LogP contribution >= 0.6 is 0 Å². The predicted octanol–water partition coefficient (Wildman–Crippen LogP) is 0.218. The van der Waals surface area contributed by atoms with Gasteiger partial charge in [-0.25, -0.2) is 0 Å². The smallest absolute Gasteiger partial charge is 0.207 e. The molecule has 1 aliphatic heterocycles. The van der Waals surface area contributed by atoms with Crippen LogP contribution in [0.3, 0.4) is 0 Å². The first-order chi connectivity index (χ1) is 5.43. The highest BCUT2D eigenvalue weighted by molar-refractivity contribution is 5.45. The number of carbonyl (C=O) groups is 1. The molecule has 1 aliphatic rings. The van der Waals surface area contributed by atoms with Crippen LogP contribution < -0.4 is 5.32 Å². The third-order valence-electron chi connectivity index (χ3n) is 2.08. The van der Waals surface area contributed by atoms with E-state index >= 15 is 0 Å². The van der Waals surface area contributed by atoms with E-state index in [0.29, 0.717) is 0 Å². The number of hydrogen-bond acceptors (Lipinski definition) is 2. The van der Waals surface area contributed by atoms with Gasteiger partial charge in [-0.05, 0) is 38.9 Å². The van der Waals surface area contributed by atoms with Crippen LogP contribution in [0.2, 0.25) is 0 Å². The number of nitrogens with one attached hydrogen (secondary N) is 1. The fraction of sp³-hybridized carbons (Fsp3) is 0.875.